The van der Waals surface area contributed by atoms with Crippen molar-refractivity contribution in [2.75, 3.05) is 11.4 Å². The van der Waals surface area contributed by atoms with Gasteiger partial charge in [0.25, 0.3) is 5.91 Å². The Balaban J connectivity index is 1.65. The van der Waals surface area contributed by atoms with Crippen LogP contribution in [0.2, 0.25) is 0 Å². The van der Waals surface area contributed by atoms with Crippen LogP contribution in [0.25, 0.3) is 11.3 Å². The third-order valence-corrected chi connectivity index (χ3v) is 4.68. The van der Waals surface area contributed by atoms with Crippen molar-refractivity contribution in [2.24, 2.45) is 0 Å². The summed E-state index contributed by atoms with van der Waals surface area (Å²) < 4.78 is 37.6. The number of hydrogen-bond acceptors (Lipinski definition) is 4. The van der Waals surface area contributed by atoms with Crippen LogP contribution in [-0.4, -0.2) is 34.5 Å². The molecule has 3 aromatic rings. The molecule has 9 heteroatoms. The summed E-state index contributed by atoms with van der Waals surface area (Å²) in [4.78, 5) is 33.4. The van der Waals surface area contributed by atoms with Crippen LogP contribution in [0.15, 0.2) is 67.1 Å². The predicted octanol–water partition coefficient (Wildman–Crippen LogP) is 4.38. The summed E-state index contributed by atoms with van der Waals surface area (Å²) in [6, 6.07) is 13.4. The second-order valence-electron chi connectivity index (χ2n) is 7.06. The molecule has 6 nitrogen and oxygen atoms in total. The zero-order valence-corrected chi connectivity index (χ0v) is 17.3. The zero-order chi connectivity index (χ0) is 23.1. The monoisotopic (exact) mass is 442 g/mol. The maximum Gasteiger partial charge on any atom is 0.390 e. The summed E-state index contributed by atoms with van der Waals surface area (Å²) >= 11 is 0. The van der Waals surface area contributed by atoms with Crippen molar-refractivity contribution in [3.05, 3.63) is 78.2 Å². The van der Waals surface area contributed by atoms with Crippen molar-refractivity contribution in [3.63, 3.8) is 0 Å². The molecule has 0 saturated heterocycles. The van der Waals surface area contributed by atoms with E-state index in [2.05, 4.69) is 15.3 Å². The van der Waals surface area contributed by atoms with Crippen molar-refractivity contribution >= 4 is 17.5 Å². The van der Waals surface area contributed by atoms with E-state index in [0.717, 1.165) is 10.5 Å². The molecule has 0 unspecified atom stereocenters. The highest BCUT2D eigenvalue weighted by Crippen LogP contribution is 2.25. The molecule has 166 valence electrons. The number of halogens is 3. The lowest BCUT2D eigenvalue weighted by Crippen LogP contribution is -2.32. The number of amides is 2. The fourth-order valence-corrected chi connectivity index (χ4v) is 3.01. The van der Waals surface area contributed by atoms with Gasteiger partial charge in [0.1, 0.15) is 0 Å². The number of carbonyl (C=O) groups excluding carboxylic acids is 2. The first kappa shape index (κ1) is 22.9. The molecule has 1 aromatic carbocycles. The Kier molecular flexibility index (Phi) is 7.19. The minimum atomic E-state index is -4.34. The van der Waals surface area contributed by atoms with Gasteiger partial charge in [-0.05, 0) is 35.9 Å². The van der Waals surface area contributed by atoms with Gasteiger partial charge in [-0.3, -0.25) is 19.6 Å². The Labute approximate surface area is 183 Å². The largest absolute Gasteiger partial charge is 0.390 e. The molecule has 32 heavy (non-hydrogen) atoms. The molecular formula is C23H21F3N4O2. The maximum absolute atomic E-state index is 12.5. The molecule has 0 saturated carbocycles. The minimum Gasteiger partial charge on any atom is -0.348 e. The Bertz CT molecular complexity index is 1050. The zero-order valence-electron chi connectivity index (χ0n) is 17.3. The molecule has 0 aliphatic rings. The first-order chi connectivity index (χ1) is 15.2. The number of benzene rings is 1. The third kappa shape index (κ3) is 6.37. The van der Waals surface area contributed by atoms with Gasteiger partial charge in [-0.1, -0.05) is 18.2 Å². The summed E-state index contributed by atoms with van der Waals surface area (Å²) in [5.41, 5.74) is 2.93. The van der Waals surface area contributed by atoms with E-state index in [0.29, 0.717) is 29.1 Å². The number of pyridine rings is 2. The highest BCUT2D eigenvalue weighted by atomic mass is 19.4. The number of aromatic nitrogens is 2. The average molecular weight is 442 g/mol. The van der Waals surface area contributed by atoms with Crippen LogP contribution in [0.4, 0.5) is 18.9 Å². The summed E-state index contributed by atoms with van der Waals surface area (Å²) in [5, 5.41) is 2.79. The SMILES string of the molecule is CC(=O)N(CCC(F)(F)F)c1ccc(-c2ccc(C(=O)NCc3cccnc3)cn2)cc1. The lowest BCUT2D eigenvalue weighted by Gasteiger charge is -2.22. The minimum absolute atomic E-state index is 0.273. The van der Waals surface area contributed by atoms with E-state index in [4.69, 9.17) is 0 Å². The van der Waals surface area contributed by atoms with Gasteiger partial charge in [0, 0.05) is 49.9 Å². The molecule has 0 spiro atoms. The molecule has 0 aliphatic carbocycles. The van der Waals surface area contributed by atoms with E-state index in [1.54, 1.807) is 54.9 Å². The molecule has 1 N–H and O–H groups in total. The van der Waals surface area contributed by atoms with E-state index in [9.17, 15) is 22.8 Å². The van der Waals surface area contributed by atoms with Crippen LogP contribution < -0.4 is 10.2 Å². The molecule has 0 bridgehead atoms. The highest BCUT2D eigenvalue weighted by Gasteiger charge is 2.28. The predicted molar refractivity (Wildman–Crippen MR) is 114 cm³/mol. The van der Waals surface area contributed by atoms with Crippen molar-refractivity contribution in [1.82, 2.24) is 15.3 Å². The smallest absolute Gasteiger partial charge is 0.348 e. The highest BCUT2D eigenvalue weighted by molar-refractivity contribution is 5.94. The van der Waals surface area contributed by atoms with Crippen molar-refractivity contribution in [3.8, 4) is 11.3 Å². The summed E-state index contributed by atoms with van der Waals surface area (Å²) in [6.45, 7) is 1.13. The van der Waals surface area contributed by atoms with Crippen molar-refractivity contribution in [2.45, 2.75) is 26.1 Å². The lowest BCUT2D eigenvalue weighted by atomic mass is 10.1. The average Bonchev–Trinajstić information content (AvgIpc) is 2.78. The van der Waals surface area contributed by atoms with Crippen molar-refractivity contribution in [1.29, 1.82) is 0 Å². The summed E-state index contributed by atoms with van der Waals surface area (Å²) in [7, 11) is 0. The number of alkyl halides is 3. The van der Waals surface area contributed by atoms with Gasteiger partial charge in [-0.15, -0.1) is 0 Å². The van der Waals surface area contributed by atoms with Crippen LogP contribution in [0.5, 0.6) is 0 Å². The topological polar surface area (TPSA) is 75.2 Å². The standard InChI is InChI=1S/C23H21F3N4O2/c1-16(31)30(12-10-23(24,25)26)20-7-4-18(5-8-20)21-9-6-19(15-28-21)22(32)29-14-17-3-2-11-27-13-17/h2-9,11,13,15H,10,12,14H2,1H3,(H,29,32). The van der Waals surface area contributed by atoms with Crippen LogP contribution in [0.1, 0.15) is 29.3 Å². The van der Waals surface area contributed by atoms with Gasteiger partial charge in [0.05, 0.1) is 17.7 Å². The lowest BCUT2D eigenvalue weighted by molar-refractivity contribution is -0.133. The molecule has 3 rings (SSSR count). The quantitative estimate of drug-likeness (QED) is 0.589. The number of carbonyl (C=O) groups is 2. The Morgan fingerprint density at radius 1 is 1.03 bits per heavy atom. The molecule has 0 atom stereocenters. The molecule has 2 aromatic heterocycles. The fraction of sp³-hybridized carbons (Fsp3) is 0.217. The summed E-state index contributed by atoms with van der Waals surface area (Å²) in [5.74, 6) is -0.744. The number of nitrogens with zero attached hydrogens (tertiary/aromatic N) is 3. The second kappa shape index (κ2) is 10.0. The molecule has 2 amide bonds. The van der Waals surface area contributed by atoms with Gasteiger partial charge >= 0.3 is 6.18 Å². The molecule has 0 fully saturated rings. The van der Waals surface area contributed by atoms with Gasteiger partial charge < -0.3 is 10.2 Å². The van der Waals surface area contributed by atoms with Gasteiger partial charge in [-0.2, -0.15) is 13.2 Å². The second-order valence-corrected chi connectivity index (χ2v) is 7.06. The number of nitrogens with one attached hydrogen (secondary N) is 1. The Morgan fingerprint density at radius 3 is 2.34 bits per heavy atom. The molecule has 0 aliphatic heterocycles. The first-order valence-electron chi connectivity index (χ1n) is 9.81. The first-order valence-corrected chi connectivity index (χ1v) is 9.81. The normalized spacial score (nSPS) is 11.1. The van der Waals surface area contributed by atoms with Crippen LogP contribution >= 0.6 is 0 Å². The van der Waals surface area contributed by atoms with Gasteiger partial charge in [0.15, 0.2) is 0 Å². The number of anilines is 1. The van der Waals surface area contributed by atoms with E-state index < -0.39 is 25.0 Å². The van der Waals surface area contributed by atoms with Crippen LogP contribution in [0.3, 0.4) is 0 Å². The van der Waals surface area contributed by atoms with Crippen molar-refractivity contribution < 1.29 is 22.8 Å². The number of hydrogen-bond donors (Lipinski definition) is 1. The fourth-order valence-electron chi connectivity index (χ4n) is 3.01. The van der Waals surface area contributed by atoms with E-state index in [-0.39, 0.29) is 5.91 Å². The molecule has 0 radical (unpaired) electrons. The molecular weight excluding hydrogens is 421 g/mol. The van der Waals surface area contributed by atoms with E-state index in [1.165, 1.54) is 13.1 Å². The maximum atomic E-state index is 12.5. The van der Waals surface area contributed by atoms with Gasteiger partial charge in [0.2, 0.25) is 5.91 Å². The third-order valence-electron chi connectivity index (χ3n) is 4.68. The van der Waals surface area contributed by atoms with Crippen LogP contribution in [-0.2, 0) is 11.3 Å². The van der Waals surface area contributed by atoms with Gasteiger partial charge in [-0.25, -0.2) is 0 Å². The Morgan fingerprint density at radius 2 is 1.78 bits per heavy atom. The van der Waals surface area contributed by atoms with Crippen LogP contribution in [0, 0.1) is 0 Å². The Hall–Kier alpha value is -3.75. The van der Waals surface area contributed by atoms with E-state index >= 15 is 0 Å². The van der Waals surface area contributed by atoms with E-state index in [1.807, 2.05) is 6.07 Å². The summed E-state index contributed by atoms with van der Waals surface area (Å²) in [6.07, 6.45) is -0.654. The molecule has 2 heterocycles. The number of rotatable bonds is 7.